The fourth-order valence-corrected chi connectivity index (χ4v) is 11.5. The van der Waals surface area contributed by atoms with Gasteiger partial charge >= 0.3 is 0 Å². The number of methoxy groups -OCH3 is 4. The molecule has 0 fully saturated rings. The summed E-state index contributed by atoms with van der Waals surface area (Å²) in [6, 6.07) is 34.8. The van der Waals surface area contributed by atoms with Crippen molar-refractivity contribution < 1.29 is 33.7 Å². The Labute approximate surface area is 307 Å². The summed E-state index contributed by atoms with van der Waals surface area (Å²) in [6.07, 6.45) is 0. The van der Waals surface area contributed by atoms with E-state index in [-0.39, 0.29) is 13.2 Å². The zero-order chi connectivity index (χ0) is 36.6. The van der Waals surface area contributed by atoms with Crippen LogP contribution < -0.4 is 49.6 Å². The van der Waals surface area contributed by atoms with Gasteiger partial charge in [0.15, 0.2) is 7.14 Å². The molecule has 266 valence electrons. The molecule has 1 unspecified atom stereocenters. The predicted octanol–water partition coefficient (Wildman–Crippen LogP) is 7.69. The van der Waals surface area contributed by atoms with Crippen molar-refractivity contribution in [2.24, 2.45) is 0 Å². The highest BCUT2D eigenvalue weighted by Crippen LogP contribution is 2.68. The molecular formula is C42H36N3O7P. The van der Waals surface area contributed by atoms with E-state index in [1.54, 1.807) is 28.4 Å². The van der Waals surface area contributed by atoms with E-state index in [4.69, 9.17) is 18.9 Å². The van der Waals surface area contributed by atoms with E-state index in [0.29, 0.717) is 78.6 Å². The number of ether oxygens (including phenoxy) is 4. The molecule has 0 aliphatic carbocycles. The van der Waals surface area contributed by atoms with Crippen molar-refractivity contribution in [1.29, 1.82) is 0 Å². The van der Waals surface area contributed by atoms with E-state index >= 15 is 4.57 Å². The molecule has 11 heteroatoms. The van der Waals surface area contributed by atoms with Crippen molar-refractivity contribution in [3.05, 3.63) is 120 Å². The van der Waals surface area contributed by atoms with E-state index in [0.717, 1.165) is 22.6 Å². The summed E-state index contributed by atoms with van der Waals surface area (Å²) < 4.78 is 39.9. The number of aliphatic hydroxyl groups excluding tert-OH is 2. The monoisotopic (exact) mass is 725 g/mol. The van der Waals surface area contributed by atoms with Gasteiger partial charge in [-0.05, 0) is 83.9 Å². The van der Waals surface area contributed by atoms with Gasteiger partial charge in [-0.3, -0.25) is 0 Å². The van der Waals surface area contributed by atoms with Crippen LogP contribution in [0.5, 0.6) is 23.0 Å². The van der Waals surface area contributed by atoms with Crippen LogP contribution in [0.1, 0.15) is 11.1 Å². The molecule has 0 saturated heterocycles. The Hall–Kier alpha value is -5.93. The van der Waals surface area contributed by atoms with Crippen LogP contribution in [-0.4, -0.2) is 38.7 Å². The summed E-state index contributed by atoms with van der Waals surface area (Å²) >= 11 is 0. The van der Waals surface area contributed by atoms with Gasteiger partial charge in [0.25, 0.3) is 0 Å². The Morgan fingerprint density at radius 1 is 0.434 bits per heavy atom. The molecular weight excluding hydrogens is 689 g/mol. The summed E-state index contributed by atoms with van der Waals surface area (Å²) in [7, 11) is 2.81. The molecule has 0 radical (unpaired) electrons. The van der Waals surface area contributed by atoms with Gasteiger partial charge in [0, 0.05) is 41.3 Å². The number of anilines is 9. The molecule has 3 aliphatic heterocycles. The zero-order valence-corrected chi connectivity index (χ0v) is 30.4. The molecule has 1 atom stereocenters. The lowest BCUT2D eigenvalue weighted by Crippen LogP contribution is -2.48. The third-order valence-corrected chi connectivity index (χ3v) is 13.6. The standard InChI is InChI=1S/C42H36N3O7P/c1-49-30-13-9-28(10-14-30)44-35-18-26(24-47)17-34-40(35)53(48)41-36(43(34)27-7-5-25(23-46)6-8-27)19-32(51-3)21-38(41)45(29-11-15-31(50-2)16-12-29)39-22-33(52-4)20-37(44)42(39)53/h5-22,46-47H,23-24H2,1-4H3. The maximum Gasteiger partial charge on any atom is 0.183 e. The molecule has 0 bridgehead atoms. The maximum absolute atomic E-state index is 16.9. The summed E-state index contributed by atoms with van der Waals surface area (Å²) in [5.74, 6) is 2.56. The van der Waals surface area contributed by atoms with Gasteiger partial charge in [-0.15, -0.1) is 0 Å². The van der Waals surface area contributed by atoms with E-state index in [1.165, 1.54) is 0 Å². The van der Waals surface area contributed by atoms with Crippen LogP contribution in [0.2, 0.25) is 0 Å². The fourth-order valence-electron chi connectivity index (χ4n) is 7.91. The topological polar surface area (TPSA) is 104 Å². The van der Waals surface area contributed by atoms with Gasteiger partial charge in [-0.25, -0.2) is 0 Å². The molecule has 3 aliphatic rings. The van der Waals surface area contributed by atoms with Crippen molar-refractivity contribution in [2.75, 3.05) is 43.1 Å². The number of benzene rings is 6. The quantitative estimate of drug-likeness (QED) is 0.144. The van der Waals surface area contributed by atoms with Crippen molar-refractivity contribution in [3.8, 4) is 23.0 Å². The second-order valence-electron chi connectivity index (χ2n) is 13.0. The second-order valence-corrected chi connectivity index (χ2v) is 15.6. The normalized spacial score (nSPS) is 15.9. The molecule has 2 N–H and O–H groups in total. The summed E-state index contributed by atoms with van der Waals surface area (Å²) in [5.41, 5.74) is 8.02. The molecule has 6 aromatic rings. The van der Waals surface area contributed by atoms with E-state index in [2.05, 4.69) is 14.7 Å². The molecule has 0 spiro atoms. The lowest BCUT2D eigenvalue weighted by Gasteiger charge is -2.50. The Morgan fingerprint density at radius 2 is 0.736 bits per heavy atom. The minimum absolute atomic E-state index is 0.101. The highest BCUT2D eigenvalue weighted by Gasteiger charge is 2.55. The van der Waals surface area contributed by atoms with Crippen LogP contribution in [0.3, 0.4) is 0 Å². The Morgan fingerprint density at radius 3 is 1.04 bits per heavy atom. The Balaban J connectivity index is 1.47. The van der Waals surface area contributed by atoms with Crippen molar-refractivity contribution in [2.45, 2.75) is 13.2 Å². The van der Waals surface area contributed by atoms with E-state index < -0.39 is 7.14 Å². The first-order valence-corrected chi connectivity index (χ1v) is 18.8. The van der Waals surface area contributed by atoms with Gasteiger partial charge in [0.1, 0.15) is 23.0 Å². The van der Waals surface area contributed by atoms with Gasteiger partial charge in [0.2, 0.25) is 0 Å². The minimum Gasteiger partial charge on any atom is -0.497 e. The molecule has 3 heterocycles. The van der Waals surface area contributed by atoms with Crippen LogP contribution in [0.25, 0.3) is 0 Å². The zero-order valence-electron chi connectivity index (χ0n) is 29.5. The van der Waals surface area contributed by atoms with Crippen LogP contribution in [0.15, 0.2) is 109 Å². The molecule has 53 heavy (non-hydrogen) atoms. The first kappa shape index (κ1) is 32.9. The van der Waals surface area contributed by atoms with Gasteiger partial charge in [0.05, 0.1) is 91.7 Å². The molecule has 6 aromatic carbocycles. The third kappa shape index (κ3) is 4.69. The average molecular weight is 726 g/mol. The van der Waals surface area contributed by atoms with Crippen molar-refractivity contribution in [3.63, 3.8) is 0 Å². The van der Waals surface area contributed by atoms with Gasteiger partial charge < -0.3 is 48.4 Å². The van der Waals surface area contributed by atoms with Gasteiger partial charge in [-0.2, -0.15) is 0 Å². The van der Waals surface area contributed by atoms with Crippen LogP contribution in [0, 0.1) is 0 Å². The summed E-state index contributed by atoms with van der Waals surface area (Å²) in [5, 5.41) is 22.7. The molecule has 0 amide bonds. The Bertz CT molecular complexity index is 2120. The first-order valence-electron chi connectivity index (χ1n) is 17.1. The minimum atomic E-state index is -3.70. The summed E-state index contributed by atoms with van der Waals surface area (Å²) in [4.78, 5) is 6.32. The maximum atomic E-state index is 16.9. The lowest BCUT2D eigenvalue weighted by atomic mass is 10.0. The van der Waals surface area contributed by atoms with Crippen molar-refractivity contribution in [1.82, 2.24) is 0 Å². The van der Waals surface area contributed by atoms with E-state index in [9.17, 15) is 10.2 Å². The molecule has 0 aromatic heterocycles. The number of rotatable bonds is 9. The van der Waals surface area contributed by atoms with Crippen LogP contribution >= 0.6 is 7.14 Å². The van der Waals surface area contributed by atoms with E-state index in [1.807, 2.05) is 109 Å². The van der Waals surface area contributed by atoms with Gasteiger partial charge in [-0.1, -0.05) is 12.1 Å². The van der Waals surface area contributed by atoms with Crippen LogP contribution in [0.4, 0.5) is 51.2 Å². The van der Waals surface area contributed by atoms with Crippen LogP contribution in [-0.2, 0) is 17.8 Å². The highest BCUT2D eigenvalue weighted by atomic mass is 31.2. The third-order valence-electron chi connectivity index (χ3n) is 10.3. The summed E-state index contributed by atoms with van der Waals surface area (Å²) in [6.45, 7) is -0.341. The molecule has 9 rings (SSSR count). The Kier molecular flexibility index (Phi) is 7.67. The molecule has 0 saturated carbocycles. The smallest absolute Gasteiger partial charge is 0.183 e. The fraction of sp³-hybridized carbons (Fsp3) is 0.143. The largest absolute Gasteiger partial charge is 0.497 e. The lowest BCUT2D eigenvalue weighted by molar-refractivity contribution is 0.281. The average Bonchev–Trinajstić information content (AvgIpc) is 3.20. The number of nitrogens with zero attached hydrogens (tertiary/aromatic N) is 3. The second kappa shape index (κ2) is 12.3. The molecule has 10 nitrogen and oxygen atoms in total. The first-order chi connectivity index (χ1) is 25.9. The number of hydrogen-bond donors (Lipinski definition) is 2. The number of aliphatic hydroxyl groups is 2. The number of hydrogen-bond acceptors (Lipinski definition) is 10. The predicted molar refractivity (Wildman–Crippen MR) is 209 cm³/mol. The SMILES string of the molecule is COc1ccc(N2c3cc(CO)cc4c3P3(=O)c5c(cc(OC)cc5N(c5ccc(OC)cc5)c5cc(OC)cc2c53)N4c2ccc(CO)cc2)cc1. The highest BCUT2D eigenvalue weighted by molar-refractivity contribution is 7.87. The van der Waals surface area contributed by atoms with Crippen molar-refractivity contribution >= 4 is 74.2 Å².